The Morgan fingerprint density at radius 2 is 1.67 bits per heavy atom. The van der Waals surface area contributed by atoms with Crippen molar-refractivity contribution < 1.29 is 4.42 Å². The first-order chi connectivity index (χ1) is 10.4. The maximum atomic E-state index is 5.80. The molecule has 0 aliphatic rings. The molecule has 2 heterocycles. The van der Waals surface area contributed by atoms with E-state index in [0.717, 1.165) is 27.5 Å². The molecule has 2 aromatic carbocycles. The highest BCUT2D eigenvalue weighted by atomic mass is 16.3. The predicted molar refractivity (Wildman–Crippen MR) is 83.0 cm³/mol. The number of furan rings is 1. The number of aliphatic imine (C=N–C) groups is 1. The van der Waals surface area contributed by atoms with E-state index in [2.05, 4.69) is 27.1 Å². The second-order valence-corrected chi connectivity index (χ2v) is 4.66. The lowest BCUT2D eigenvalue weighted by Gasteiger charge is -1.94. The minimum Gasteiger partial charge on any atom is -0.456 e. The first kappa shape index (κ1) is 11.8. The Morgan fingerprint density at radius 1 is 0.857 bits per heavy atom. The van der Waals surface area contributed by atoms with E-state index in [1.807, 2.05) is 30.3 Å². The van der Waals surface area contributed by atoms with Gasteiger partial charge in [-0.05, 0) is 35.9 Å². The Bertz CT molecular complexity index is 942. The highest BCUT2D eigenvalue weighted by Gasteiger charge is 2.05. The van der Waals surface area contributed by atoms with Gasteiger partial charge in [-0.3, -0.25) is 0 Å². The molecule has 0 fully saturated rings. The third-order valence-corrected chi connectivity index (χ3v) is 3.28. The third kappa shape index (κ3) is 2.17. The van der Waals surface area contributed by atoms with E-state index in [-0.39, 0.29) is 0 Å². The molecule has 0 saturated heterocycles. The van der Waals surface area contributed by atoms with Crippen molar-refractivity contribution in [3.05, 3.63) is 66.5 Å². The van der Waals surface area contributed by atoms with Crippen LogP contribution in [0.15, 0.2) is 70.3 Å². The van der Waals surface area contributed by atoms with Crippen LogP contribution in [0.2, 0.25) is 0 Å². The van der Waals surface area contributed by atoms with Crippen LogP contribution in [-0.4, -0.2) is 16.2 Å². The lowest BCUT2D eigenvalue weighted by molar-refractivity contribution is 0.669. The van der Waals surface area contributed by atoms with Gasteiger partial charge in [0.25, 0.3) is 0 Å². The monoisotopic (exact) mass is 273 g/mol. The summed E-state index contributed by atoms with van der Waals surface area (Å²) in [4.78, 5) is 12.4. The number of hydrogen-bond donors (Lipinski definition) is 0. The van der Waals surface area contributed by atoms with Gasteiger partial charge in [0.15, 0.2) is 0 Å². The molecule has 4 aromatic rings. The van der Waals surface area contributed by atoms with Gasteiger partial charge in [0.2, 0.25) is 5.95 Å². The topological polar surface area (TPSA) is 51.3 Å². The van der Waals surface area contributed by atoms with Gasteiger partial charge in [-0.15, -0.1) is 0 Å². The van der Waals surface area contributed by atoms with Gasteiger partial charge < -0.3 is 4.42 Å². The average Bonchev–Trinajstić information content (AvgIpc) is 2.92. The fraction of sp³-hybridized carbons (Fsp3) is 0. The fourth-order valence-electron chi connectivity index (χ4n) is 2.31. The zero-order valence-corrected chi connectivity index (χ0v) is 11.1. The summed E-state index contributed by atoms with van der Waals surface area (Å²) in [6.07, 6.45) is 5.11. The summed E-state index contributed by atoms with van der Waals surface area (Å²) in [5.41, 5.74) is 2.76. The van der Waals surface area contributed by atoms with Gasteiger partial charge in [0, 0.05) is 29.4 Å². The summed E-state index contributed by atoms with van der Waals surface area (Å²) in [6, 6.07) is 15.8. The maximum absolute atomic E-state index is 5.80. The van der Waals surface area contributed by atoms with Gasteiger partial charge >= 0.3 is 0 Å². The number of benzene rings is 2. The van der Waals surface area contributed by atoms with Crippen LogP contribution in [-0.2, 0) is 0 Å². The quantitative estimate of drug-likeness (QED) is 0.516. The SMILES string of the molecule is C(=N/c1ncccn1)/c1ccc2oc3ccccc3c2c1. The molecule has 2 aromatic heterocycles. The summed E-state index contributed by atoms with van der Waals surface area (Å²) in [5, 5.41) is 2.20. The summed E-state index contributed by atoms with van der Waals surface area (Å²) < 4.78 is 5.80. The molecule has 0 atom stereocenters. The van der Waals surface area contributed by atoms with Gasteiger partial charge in [-0.25, -0.2) is 15.0 Å². The molecule has 100 valence electrons. The molecule has 0 saturated carbocycles. The Morgan fingerprint density at radius 3 is 2.57 bits per heavy atom. The molecule has 4 nitrogen and oxygen atoms in total. The largest absolute Gasteiger partial charge is 0.456 e. The lowest BCUT2D eigenvalue weighted by Crippen LogP contribution is -1.82. The molecule has 0 N–H and O–H groups in total. The molecule has 0 spiro atoms. The molecule has 0 aliphatic heterocycles. The van der Waals surface area contributed by atoms with E-state index in [4.69, 9.17) is 4.42 Å². The first-order valence-electron chi connectivity index (χ1n) is 6.62. The summed E-state index contributed by atoms with van der Waals surface area (Å²) in [6.45, 7) is 0. The second-order valence-electron chi connectivity index (χ2n) is 4.66. The molecule has 0 bridgehead atoms. The minimum absolute atomic E-state index is 0.453. The van der Waals surface area contributed by atoms with E-state index in [0.29, 0.717) is 5.95 Å². The highest BCUT2D eigenvalue weighted by molar-refractivity contribution is 6.06. The number of rotatable bonds is 2. The van der Waals surface area contributed by atoms with Gasteiger partial charge in [-0.1, -0.05) is 18.2 Å². The van der Waals surface area contributed by atoms with Crippen molar-refractivity contribution in [1.82, 2.24) is 9.97 Å². The van der Waals surface area contributed by atoms with Gasteiger partial charge in [0.05, 0.1) is 0 Å². The number of para-hydroxylation sites is 1. The molecule has 0 radical (unpaired) electrons. The Balaban J connectivity index is 1.80. The predicted octanol–water partition coefficient (Wildman–Crippen LogP) is 4.13. The van der Waals surface area contributed by atoms with Gasteiger partial charge in [-0.2, -0.15) is 0 Å². The van der Waals surface area contributed by atoms with Crippen molar-refractivity contribution in [1.29, 1.82) is 0 Å². The van der Waals surface area contributed by atoms with Crippen LogP contribution in [0, 0.1) is 0 Å². The van der Waals surface area contributed by atoms with Crippen molar-refractivity contribution in [3.63, 3.8) is 0 Å². The average molecular weight is 273 g/mol. The molecular formula is C17H11N3O. The zero-order valence-electron chi connectivity index (χ0n) is 11.1. The minimum atomic E-state index is 0.453. The lowest BCUT2D eigenvalue weighted by atomic mass is 10.1. The summed E-state index contributed by atoms with van der Waals surface area (Å²) >= 11 is 0. The van der Waals surface area contributed by atoms with E-state index in [1.165, 1.54) is 0 Å². The molecule has 0 amide bonds. The zero-order chi connectivity index (χ0) is 14.1. The van der Waals surface area contributed by atoms with Crippen molar-refractivity contribution in [2.45, 2.75) is 0 Å². The van der Waals surface area contributed by atoms with Crippen LogP contribution in [0.5, 0.6) is 0 Å². The van der Waals surface area contributed by atoms with Crippen LogP contribution in [0.3, 0.4) is 0 Å². The van der Waals surface area contributed by atoms with Crippen LogP contribution < -0.4 is 0 Å². The van der Waals surface area contributed by atoms with Crippen LogP contribution in [0.4, 0.5) is 5.95 Å². The van der Waals surface area contributed by atoms with Crippen molar-refractivity contribution in [3.8, 4) is 0 Å². The van der Waals surface area contributed by atoms with Crippen molar-refractivity contribution >= 4 is 34.1 Å². The number of nitrogens with zero attached hydrogens (tertiary/aromatic N) is 3. The van der Waals surface area contributed by atoms with Crippen molar-refractivity contribution in [2.75, 3.05) is 0 Å². The van der Waals surface area contributed by atoms with Crippen LogP contribution >= 0.6 is 0 Å². The smallest absolute Gasteiger partial charge is 0.249 e. The molecule has 4 rings (SSSR count). The molecule has 0 aliphatic carbocycles. The Labute approximate surface area is 120 Å². The number of hydrogen-bond acceptors (Lipinski definition) is 4. The highest BCUT2D eigenvalue weighted by Crippen LogP contribution is 2.28. The molecule has 0 unspecified atom stereocenters. The second kappa shape index (κ2) is 4.83. The molecular weight excluding hydrogens is 262 g/mol. The van der Waals surface area contributed by atoms with Crippen LogP contribution in [0.25, 0.3) is 21.9 Å². The van der Waals surface area contributed by atoms with E-state index in [1.54, 1.807) is 24.7 Å². The standard InChI is InChI=1S/C17H11N3O/c1-2-5-15-13(4-1)14-10-12(6-7-16(14)21-15)11-20-17-18-8-3-9-19-17/h1-11H/b20-11-. The van der Waals surface area contributed by atoms with E-state index < -0.39 is 0 Å². The van der Waals surface area contributed by atoms with Gasteiger partial charge in [0.1, 0.15) is 11.2 Å². The maximum Gasteiger partial charge on any atom is 0.249 e. The number of fused-ring (bicyclic) bond motifs is 3. The first-order valence-corrected chi connectivity index (χ1v) is 6.62. The van der Waals surface area contributed by atoms with E-state index in [9.17, 15) is 0 Å². The normalized spacial score (nSPS) is 11.6. The fourth-order valence-corrected chi connectivity index (χ4v) is 2.31. The van der Waals surface area contributed by atoms with E-state index >= 15 is 0 Å². The summed E-state index contributed by atoms with van der Waals surface area (Å²) in [7, 11) is 0. The molecule has 4 heteroatoms. The van der Waals surface area contributed by atoms with Crippen molar-refractivity contribution in [2.24, 2.45) is 4.99 Å². The van der Waals surface area contributed by atoms with Crippen LogP contribution in [0.1, 0.15) is 5.56 Å². The Hall–Kier alpha value is -3.01. The Kier molecular flexibility index (Phi) is 2.71. The molecule has 21 heavy (non-hydrogen) atoms. The number of aromatic nitrogens is 2. The summed E-state index contributed by atoms with van der Waals surface area (Å²) in [5.74, 6) is 0.453. The third-order valence-electron chi connectivity index (χ3n) is 3.28.